The molecule has 0 saturated heterocycles. The second kappa shape index (κ2) is 8.49. The molecule has 6 heteroatoms. The molecule has 0 radical (unpaired) electrons. The molecule has 0 fully saturated rings. The maximum absolute atomic E-state index is 11.9. The van der Waals surface area contributed by atoms with Crippen LogP contribution in [0.2, 0.25) is 0 Å². The first-order valence-corrected chi connectivity index (χ1v) is 8.33. The van der Waals surface area contributed by atoms with Gasteiger partial charge < -0.3 is 15.2 Å². The van der Waals surface area contributed by atoms with Gasteiger partial charge in [-0.15, -0.1) is 0 Å². The van der Waals surface area contributed by atoms with E-state index in [9.17, 15) is 9.59 Å². The summed E-state index contributed by atoms with van der Waals surface area (Å²) in [4.78, 5) is 22.7. The van der Waals surface area contributed by atoms with E-state index in [4.69, 9.17) is 9.84 Å². The third-order valence-corrected chi connectivity index (χ3v) is 3.93. The molecule has 126 valence electrons. The second-order valence-electron chi connectivity index (χ2n) is 5.23. The molecule has 2 rings (SSSR count). The summed E-state index contributed by atoms with van der Waals surface area (Å²) in [6.07, 6.45) is 2.06. The van der Waals surface area contributed by atoms with Crippen molar-refractivity contribution < 1.29 is 19.4 Å². The van der Waals surface area contributed by atoms with Gasteiger partial charge >= 0.3 is 5.97 Å². The average Bonchev–Trinajstić information content (AvgIpc) is 2.55. The number of aryl methyl sites for hydroxylation is 1. The molecule has 24 heavy (non-hydrogen) atoms. The molecule has 1 amide bonds. The fourth-order valence-electron chi connectivity index (χ4n) is 2.14. The lowest BCUT2D eigenvalue weighted by Gasteiger charge is -2.10. The van der Waals surface area contributed by atoms with Crippen LogP contribution < -0.4 is 10.1 Å². The van der Waals surface area contributed by atoms with Crippen LogP contribution in [0.1, 0.15) is 29.3 Å². The number of carbonyl (C=O) groups is 2. The Morgan fingerprint density at radius 2 is 1.88 bits per heavy atom. The van der Waals surface area contributed by atoms with E-state index in [1.54, 1.807) is 0 Å². The number of ether oxygens (including phenoxy) is 1. The summed E-state index contributed by atoms with van der Waals surface area (Å²) in [6, 6.07) is 11.7. The van der Waals surface area contributed by atoms with Crippen molar-refractivity contribution in [2.45, 2.75) is 19.8 Å². The first-order valence-electron chi connectivity index (χ1n) is 7.54. The monoisotopic (exact) mass is 391 g/mol. The van der Waals surface area contributed by atoms with Gasteiger partial charge in [-0.3, -0.25) is 4.79 Å². The number of hydrogen-bond acceptors (Lipinski definition) is 3. The Kier molecular flexibility index (Phi) is 6.37. The molecule has 0 unspecified atom stereocenters. The Balaban J connectivity index is 1.90. The van der Waals surface area contributed by atoms with Crippen LogP contribution >= 0.6 is 15.9 Å². The Hall–Kier alpha value is -2.34. The van der Waals surface area contributed by atoms with Crippen LogP contribution in [-0.4, -0.2) is 23.6 Å². The highest BCUT2D eigenvalue weighted by Crippen LogP contribution is 2.26. The summed E-state index contributed by atoms with van der Waals surface area (Å²) in [6.45, 7) is 1.98. The normalized spacial score (nSPS) is 10.2. The highest BCUT2D eigenvalue weighted by Gasteiger charge is 2.08. The number of anilines is 1. The number of amides is 1. The van der Waals surface area contributed by atoms with Crippen molar-refractivity contribution >= 4 is 33.5 Å². The molecule has 0 saturated carbocycles. The summed E-state index contributed by atoms with van der Waals surface area (Å²) in [5.74, 6) is -0.721. The van der Waals surface area contributed by atoms with Crippen molar-refractivity contribution in [2.75, 3.05) is 11.9 Å². The summed E-state index contributed by atoms with van der Waals surface area (Å²) >= 11 is 3.44. The Morgan fingerprint density at radius 3 is 2.46 bits per heavy atom. The van der Waals surface area contributed by atoms with Gasteiger partial charge in [-0.25, -0.2) is 4.79 Å². The molecular formula is C18H18BrNO4. The van der Waals surface area contributed by atoms with Crippen LogP contribution in [0.15, 0.2) is 46.9 Å². The fourth-order valence-corrected chi connectivity index (χ4v) is 2.68. The van der Waals surface area contributed by atoms with E-state index in [0.717, 1.165) is 17.3 Å². The molecule has 0 heterocycles. The molecule has 2 N–H and O–H groups in total. The minimum absolute atomic E-state index is 0.133. The minimum atomic E-state index is -1.01. The molecule has 0 bridgehead atoms. The highest BCUT2D eigenvalue weighted by atomic mass is 79.9. The first kappa shape index (κ1) is 18.0. The maximum Gasteiger partial charge on any atom is 0.335 e. The first-order chi connectivity index (χ1) is 11.5. The molecule has 0 aliphatic heterocycles. The number of hydrogen-bond donors (Lipinski definition) is 2. The molecule has 5 nitrogen and oxygen atoms in total. The molecule has 0 aliphatic carbocycles. The van der Waals surface area contributed by atoms with Crippen LogP contribution in [0, 0.1) is 0 Å². The van der Waals surface area contributed by atoms with Crippen molar-refractivity contribution in [3.8, 4) is 5.75 Å². The predicted octanol–water partition coefficient (Wildman–Crippen LogP) is 4.12. The van der Waals surface area contributed by atoms with Gasteiger partial charge in [0.1, 0.15) is 5.75 Å². The molecular weight excluding hydrogens is 374 g/mol. The van der Waals surface area contributed by atoms with Gasteiger partial charge in [-0.05, 0) is 64.3 Å². The average molecular weight is 392 g/mol. The van der Waals surface area contributed by atoms with Gasteiger partial charge in [0.2, 0.25) is 0 Å². The predicted molar refractivity (Wildman–Crippen MR) is 95.7 cm³/mol. The Labute approximate surface area is 148 Å². The number of aromatic carboxylic acids is 1. The van der Waals surface area contributed by atoms with Crippen molar-refractivity contribution in [3.63, 3.8) is 0 Å². The van der Waals surface area contributed by atoms with E-state index >= 15 is 0 Å². The highest BCUT2D eigenvalue weighted by molar-refractivity contribution is 9.10. The second-order valence-corrected chi connectivity index (χ2v) is 6.09. The third-order valence-electron chi connectivity index (χ3n) is 3.31. The van der Waals surface area contributed by atoms with Crippen LogP contribution in [0.25, 0.3) is 0 Å². The van der Waals surface area contributed by atoms with Crippen LogP contribution in [0.4, 0.5) is 5.69 Å². The number of carbonyl (C=O) groups excluding carboxylic acids is 1. The summed E-state index contributed by atoms with van der Waals surface area (Å²) in [5, 5.41) is 11.5. The summed E-state index contributed by atoms with van der Waals surface area (Å²) < 4.78 is 6.32. The number of benzene rings is 2. The van der Waals surface area contributed by atoms with Gasteiger partial charge in [-0.1, -0.05) is 19.4 Å². The molecule has 2 aromatic rings. The minimum Gasteiger partial charge on any atom is -0.483 e. The lowest BCUT2D eigenvalue weighted by Crippen LogP contribution is -2.20. The van der Waals surface area contributed by atoms with E-state index in [0.29, 0.717) is 11.4 Å². The molecule has 0 aliphatic rings. The number of halogens is 1. The van der Waals surface area contributed by atoms with Crippen molar-refractivity contribution in [2.24, 2.45) is 0 Å². The lowest BCUT2D eigenvalue weighted by atomic mass is 10.1. The van der Waals surface area contributed by atoms with E-state index in [1.807, 2.05) is 18.2 Å². The molecule has 0 spiro atoms. The number of carboxylic acids is 1. The van der Waals surface area contributed by atoms with Crippen molar-refractivity contribution in [3.05, 3.63) is 58.1 Å². The Morgan fingerprint density at radius 1 is 1.17 bits per heavy atom. The van der Waals surface area contributed by atoms with Crippen molar-refractivity contribution in [1.29, 1.82) is 0 Å². The van der Waals surface area contributed by atoms with E-state index in [1.165, 1.54) is 29.8 Å². The van der Waals surface area contributed by atoms with Gasteiger partial charge in [0.25, 0.3) is 5.91 Å². The number of nitrogens with one attached hydrogen (secondary N) is 1. The van der Waals surface area contributed by atoms with Gasteiger partial charge in [0, 0.05) is 5.69 Å². The molecule has 0 aromatic heterocycles. The Bertz CT molecular complexity index is 728. The topological polar surface area (TPSA) is 75.6 Å². The molecule has 0 atom stereocenters. The van der Waals surface area contributed by atoms with E-state index < -0.39 is 5.97 Å². The van der Waals surface area contributed by atoms with Gasteiger partial charge in [-0.2, -0.15) is 0 Å². The van der Waals surface area contributed by atoms with Gasteiger partial charge in [0.05, 0.1) is 10.0 Å². The quantitative estimate of drug-likeness (QED) is 0.744. The largest absolute Gasteiger partial charge is 0.483 e. The lowest BCUT2D eigenvalue weighted by molar-refractivity contribution is -0.118. The standard InChI is InChI=1S/C18H18BrNO4/c1-2-3-12-4-9-16(15(19)10-12)24-11-17(21)20-14-7-5-13(6-8-14)18(22)23/h4-10H,2-3,11H2,1H3,(H,20,21)(H,22,23). The summed E-state index contributed by atoms with van der Waals surface area (Å²) in [5.41, 5.74) is 1.89. The van der Waals surface area contributed by atoms with Crippen LogP contribution in [0.5, 0.6) is 5.75 Å². The summed E-state index contributed by atoms with van der Waals surface area (Å²) in [7, 11) is 0. The van der Waals surface area contributed by atoms with Gasteiger partial charge in [0.15, 0.2) is 6.61 Å². The number of rotatable bonds is 7. The van der Waals surface area contributed by atoms with Crippen molar-refractivity contribution in [1.82, 2.24) is 0 Å². The van der Waals surface area contributed by atoms with E-state index in [2.05, 4.69) is 28.2 Å². The zero-order chi connectivity index (χ0) is 17.5. The fraction of sp³-hybridized carbons (Fsp3) is 0.222. The molecule has 2 aromatic carbocycles. The third kappa shape index (κ3) is 5.09. The van der Waals surface area contributed by atoms with Crippen LogP contribution in [0.3, 0.4) is 0 Å². The van der Waals surface area contributed by atoms with Crippen LogP contribution in [-0.2, 0) is 11.2 Å². The van der Waals surface area contributed by atoms with E-state index in [-0.39, 0.29) is 18.1 Å². The number of carboxylic acid groups (broad SMARTS) is 1. The maximum atomic E-state index is 11.9. The zero-order valence-electron chi connectivity index (χ0n) is 13.2. The smallest absolute Gasteiger partial charge is 0.335 e. The SMILES string of the molecule is CCCc1ccc(OCC(=O)Nc2ccc(C(=O)O)cc2)c(Br)c1. The zero-order valence-corrected chi connectivity index (χ0v) is 14.8.